The minimum absolute atomic E-state index is 0.171. The van der Waals surface area contributed by atoms with Crippen molar-refractivity contribution >= 4 is 6.09 Å². The van der Waals surface area contributed by atoms with Gasteiger partial charge >= 0.3 is 6.09 Å². The first kappa shape index (κ1) is 22.1. The molecule has 0 saturated carbocycles. The number of carbonyl (C=O) groups excluding carboxylic acids is 1. The van der Waals surface area contributed by atoms with Gasteiger partial charge in [-0.2, -0.15) is 0 Å². The number of amides is 1. The third-order valence-electron chi connectivity index (χ3n) is 4.87. The molecule has 1 unspecified atom stereocenters. The third-order valence-corrected chi connectivity index (χ3v) is 4.87. The molecule has 162 valence electrons. The van der Waals surface area contributed by atoms with E-state index in [0.717, 1.165) is 30.8 Å². The second-order valence-corrected chi connectivity index (χ2v) is 8.73. The van der Waals surface area contributed by atoms with Crippen LogP contribution >= 0.6 is 0 Å². The zero-order valence-corrected chi connectivity index (χ0v) is 18.1. The van der Waals surface area contributed by atoms with Crippen molar-refractivity contribution in [1.29, 1.82) is 0 Å². The fourth-order valence-electron chi connectivity index (χ4n) is 3.45. The molecule has 0 aliphatic carbocycles. The summed E-state index contributed by atoms with van der Waals surface area (Å²) in [5, 5.41) is 12.9. The first-order valence-corrected chi connectivity index (χ1v) is 10.4. The molecule has 0 spiro atoms. The normalized spacial score (nSPS) is 15.2. The summed E-state index contributed by atoms with van der Waals surface area (Å²) in [5.74, 6) is 0.882. The standard InChI is InChI=1S/C24H32N2O4/c1-24(2,3)30-23(28)25-14-21(27)16-26-12-11-19-13-22(10-9-20(19)15-26)29-17-18-7-5-4-6-8-18/h4-10,13,21,27H,11-12,14-17H2,1-3H3,(H,25,28). The Hall–Kier alpha value is -2.57. The van der Waals surface area contributed by atoms with E-state index < -0.39 is 17.8 Å². The van der Waals surface area contributed by atoms with Gasteiger partial charge in [-0.05, 0) is 56.0 Å². The Labute approximate surface area is 178 Å². The maximum Gasteiger partial charge on any atom is 0.407 e. The minimum Gasteiger partial charge on any atom is -0.489 e. The van der Waals surface area contributed by atoms with Crippen LogP contribution in [-0.4, -0.2) is 47.4 Å². The number of nitrogens with one attached hydrogen (secondary N) is 1. The van der Waals surface area contributed by atoms with Crippen molar-refractivity contribution in [3.63, 3.8) is 0 Å². The first-order valence-electron chi connectivity index (χ1n) is 10.4. The van der Waals surface area contributed by atoms with Crippen molar-refractivity contribution in [2.75, 3.05) is 19.6 Å². The van der Waals surface area contributed by atoms with Crippen LogP contribution in [0.4, 0.5) is 4.79 Å². The summed E-state index contributed by atoms with van der Waals surface area (Å²) in [4.78, 5) is 13.9. The van der Waals surface area contributed by atoms with Crippen molar-refractivity contribution in [3.05, 3.63) is 65.2 Å². The molecule has 1 atom stereocenters. The molecule has 1 aliphatic heterocycles. The van der Waals surface area contributed by atoms with Gasteiger partial charge in [-0.25, -0.2) is 4.79 Å². The summed E-state index contributed by atoms with van der Waals surface area (Å²) in [6, 6.07) is 16.4. The number of aliphatic hydroxyl groups excluding tert-OH is 1. The number of ether oxygens (including phenoxy) is 2. The van der Waals surface area contributed by atoms with Gasteiger partial charge in [0, 0.05) is 26.2 Å². The van der Waals surface area contributed by atoms with Gasteiger partial charge in [0.2, 0.25) is 0 Å². The van der Waals surface area contributed by atoms with E-state index in [0.29, 0.717) is 13.2 Å². The maximum absolute atomic E-state index is 11.7. The molecule has 2 N–H and O–H groups in total. The van der Waals surface area contributed by atoms with Crippen molar-refractivity contribution in [2.24, 2.45) is 0 Å². The molecule has 0 fully saturated rings. The average Bonchev–Trinajstić information content (AvgIpc) is 2.70. The molecule has 30 heavy (non-hydrogen) atoms. The van der Waals surface area contributed by atoms with E-state index in [1.54, 1.807) is 0 Å². The number of carbonyl (C=O) groups is 1. The number of β-amino-alcohol motifs (C(OH)–C–C–N with tert-alkyl or cyclic N) is 1. The van der Waals surface area contributed by atoms with Gasteiger partial charge in [0.05, 0.1) is 6.10 Å². The molecule has 3 rings (SSSR count). The van der Waals surface area contributed by atoms with Crippen LogP contribution < -0.4 is 10.1 Å². The van der Waals surface area contributed by atoms with Crippen LogP contribution in [0.3, 0.4) is 0 Å². The quantitative estimate of drug-likeness (QED) is 0.728. The molecule has 0 saturated heterocycles. The third kappa shape index (κ3) is 7.04. The Morgan fingerprint density at radius 2 is 1.93 bits per heavy atom. The van der Waals surface area contributed by atoms with Crippen molar-refractivity contribution in [1.82, 2.24) is 10.2 Å². The lowest BCUT2D eigenvalue weighted by Gasteiger charge is -2.30. The fraction of sp³-hybridized carbons (Fsp3) is 0.458. The van der Waals surface area contributed by atoms with Crippen LogP contribution in [0, 0.1) is 0 Å². The Kier molecular flexibility index (Phi) is 7.34. The van der Waals surface area contributed by atoms with E-state index in [4.69, 9.17) is 9.47 Å². The highest BCUT2D eigenvalue weighted by molar-refractivity contribution is 5.67. The highest BCUT2D eigenvalue weighted by Crippen LogP contribution is 2.24. The summed E-state index contributed by atoms with van der Waals surface area (Å²) in [6.07, 6.45) is -0.245. The van der Waals surface area contributed by atoms with Crippen molar-refractivity contribution in [3.8, 4) is 5.75 Å². The molecule has 0 radical (unpaired) electrons. The fourth-order valence-corrected chi connectivity index (χ4v) is 3.45. The lowest BCUT2D eigenvalue weighted by atomic mass is 9.99. The maximum atomic E-state index is 11.7. The van der Waals surface area contributed by atoms with E-state index in [1.165, 1.54) is 11.1 Å². The van der Waals surface area contributed by atoms with Gasteiger partial charge in [0.15, 0.2) is 0 Å². The number of nitrogens with zero attached hydrogens (tertiary/aromatic N) is 1. The molecule has 6 heteroatoms. The smallest absolute Gasteiger partial charge is 0.407 e. The van der Waals surface area contributed by atoms with Crippen molar-refractivity contribution in [2.45, 2.75) is 52.0 Å². The number of alkyl carbamates (subject to hydrolysis) is 1. The summed E-state index contributed by atoms with van der Waals surface area (Å²) in [7, 11) is 0. The molecule has 0 aromatic heterocycles. The number of fused-ring (bicyclic) bond motifs is 1. The Morgan fingerprint density at radius 3 is 2.67 bits per heavy atom. The highest BCUT2D eigenvalue weighted by Gasteiger charge is 2.21. The number of benzene rings is 2. The predicted molar refractivity (Wildman–Crippen MR) is 116 cm³/mol. The Balaban J connectivity index is 1.45. The van der Waals surface area contributed by atoms with Gasteiger partial charge in [0.25, 0.3) is 0 Å². The molecule has 2 aromatic rings. The molecule has 1 aliphatic rings. The van der Waals surface area contributed by atoms with Gasteiger partial charge in [-0.15, -0.1) is 0 Å². The molecule has 1 amide bonds. The van der Waals surface area contributed by atoms with E-state index in [2.05, 4.69) is 34.5 Å². The van der Waals surface area contributed by atoms with E-state index in [1.807, 2.05) is 45.0 Å². The highest BCUT2D eigenvalue weighted by atomic mass is 16.6. The van der Waals surface area contributed by atoms with Crippen LogP contribution in [0.2, 0.25) is 0 Å². The number of hydrogen-bond acceptors (Lipinski definition) is 5. The summed E-state index contributed by atoms with van der Waals surface area (Å²) < 4.78 is 11.1. The van der Waals surface area contributed by atoms with Gasteiger partial charge in [-0.1, -0.05) is 36.4 Å². The van der Waals surface area contributed by atoms with Crippen LogP contribution in [0.25, 0.3) is 0 Å². The molecule has 1 heterocycles. The number of aliphatic hydroxyl groups is 1. The summed E-state index contributed by atoms with van der Waals surface area (Å²) in [5.41, 5.74) is 3.14. The second-order valence-electron chi connectivity index (χ2n) is 8.73. The Morgan fingerprint density at radius 1 is 1.17 bits per heavy atom. The number of hydrogen-bond donors (Lipinski definition) is 2. The monoisotopic (exact) mass is 412 g/mol. The van der Waals surface area contributed by atoms with E-state index in [9.17, 15) is 9.90 Å². The first-order chi connectivity index (χ1) is 14.3. The predicted octanol–water partition coefficient (Wildman–Crippen LogP) is 3.51. The molecule has 0 bridgehead atoms. The minimum atomic E-state index is -0.646. The zero-order valence-electron chi connectivity index (χ0n) is 18.1. The van der Waals surface area contributed by atoms with Crippen LogP contribution in [0.15, 0.2) is 48.5 Å². The summed E-state index contributed by atoms with van der Waals surface area (Å²) in [6.45, 7) is 8.30. The van der Waals surface area contributed by atoms with Gasteiger partial charge in [-0.3, -0.25) is 4.90 Å². The molecular formula is C24H32N2O4. The molecule has 6 nitrogen and oxygen atoms in total. The van der Waals surface area contributed by atoms with Crippen LogP contribution in [0.1, 0.15) is 37.5 Å². The SMILES string of the molecule is CC(C)(C)OC(=O)NCC(O)CN1CCc2cc(OCc3ccccc3)ccc2C1. The summed E-state index contributed by atoms with van der Waals surface area (Å²) >= 11 is 0. The van der Waals surface area contributed by atoms with Crippen LogP contribution in [0.5, 0.6) is 5.75 Å². The van der Waals surface area contributed by atoms with Crippen molar-refractivity contribution < 1.29 is 19.4 Å². The average molecular weight is 413 g/mol. The Bertz CT molecular complexity index is 833. The largest absolute Gasteiger partial charge is 0.489 e. The van der Waals surface area contributed by atoms with Crippen LogP contribution in [-0.2, 0) is 24.3 Å². The lowest BCUT2D eigenvalue weighted by Crippen LogP contribution is -2.43. The molecular weight excluding hydrogens is 380 g/mol. The molecule has 2 aromatic carbocycles. The van der Waals surface area contributed by atoms with Gasteiger partial charge < -0.3 is 19.9 Å². The lowest BCUT2D eigenvalue weighted by molar-refractivity contribution is 0.0464. The zero-order chi connectivity index (χ0) is 21.6. The topological polar surface area (TPSA) is 71.0 Å². The van der Waals surface area contributed by atoms with E-state index in [-0.39, 0.29) is 6.54 Å². The van der Waals surface area contributed by atoms with Gasteiger partial charge in [0.1, 0.15) is 18.0 Å². The second kappa shape index (κ2) is 9.96. The number of rotatable bonds is 7. The van der Waals surface area contributed by atoms with E-state index >= 15 is 0 Å².